The molecule has 2 rings (SSSR count). The number of carbonyl (C=O) groups excluding carboxylic acids is 1. The van der Waals surface area contributed by atoms with Gasteiger partial charge in [0.05, 0.1) is 17.3 Å². The summed E-state index contributed by atoms with van der Waals surface area (Å²) in [6.07, 6.45) is 0.189. The fraction of sp³-hybridized carbons (Fsp3) is 0.385. The highest BCUT2D eigenvalue weighted by Crippen LogP contribution is 2.30. The summed E-state index contributed by atoms with van der Waals surface area (Å²) < 4.78 is 26.9. The van der Waals surface area contributed by atoms with E-state index >= 15 is 0 Å². The SMILES string of the molecule is NS(=O)(=O)CCCC(=O)NC1Cc2cccc(C(=O)O)c2OB1O. The fourth-order valence-corrected chi connectivity index (χ4v) is 2.98. The number of hydrogen-bond acceptors (Lipinski definition) is 6. The van der Waals surface area contributed by atoms with Gasteiger partial charge in [0.25, 0.3) is 0 Å². The number of carboxylic acids is 1. The highest BCUT2D eigenvalue weighted by molar-refractivity contribution is 7.89. The van der Waals surface area contributed by atoms with Crippen LogP contribution in [0.4, 0.5) is 0 Å². The van der Waals surface area contributed by atoms with Crippen molar-refractivity contribution in [2.45, 2.75) is 25.2 Å². The Morgan fingerprint density at radius 2 is 2.12 bits per heavy atom. The third-order valence-corrected chi connectivity index (χ3v) is 4.39. The maximum atomic E-state index is 11.8. The van der Waals surface area contributed by atoms with Crippen LogP contribution in [0.2, 0.25) is 0 Å². The average molecular weight is 356 g/mol. The van der Waals surface area contributed by atoms with E-state index in [1.165, 1.54) is 6.07 Å². The van der Waals surface area contributed by atoms with Crippen molar-refractivity contribution in [1.82, 2.24) is 5.32 Å². The lowest BCUT2D eigenvalue weighted by molar-refractivity contribution is -0.121. The molecule has 1 atom stereocenters. The van der Waals surface area contributed by atoms with Gasteiger partial charge in [0.1, 0.15) is 5.75 Å². The van der Waals surface area contributed by atoms with Gasteiger partial charge in [0.2, 0.25) is 15.9 Å². The van der Waals surface area contributed by atoms with Gasteiger partial charge >= 0.3 is 13.1 Å². The fourth-order valence-electron chi connectivity index (χ4n) is 2.43. The van der Waals surface area contributed by atoms with Gasteiger partial charge in [-0.3, -0.25) is 4.79 Å². The second-order valence-electron chi connectivity index (χ2n) is 5.46. The molecule has 1 heterocycles. The van der Waals surface area contributed by atoms with E-state index in [2.05, 4.69) is 5.32 Å². The normalized spacial score (nSPS) is 16.9. The van der Waals surface area contributed by atoms with Crippen LogP contribution in [0.25, 0.3) is 0 Å². The molecule has 1 aliphatic heterocycles. The molecule has 1 aliphatic rings. The molecule has 11 heteroatoms. The van der Waals surface area contributed by atoms with Crippen molar-refractivity contribution in [2.24, 2.45) is 5.14 Å². The minimum absolute atomic E-state index is 0.0636. The van der Waals surface area contributed by atoms with E-state index in [-0.39, 0.29) is 36.3 Å². The molecular formula is C13H17BN2O7S. The molecule has 1 aromatic carbocycles. The average Bonchev–Trinajstić information content (AvgIpc) is 2.46. The number of benzene rings is 1. The molecule has 0 saturated carbocycles. The summed E-state index contributed by atoms with van der Waals surface area (Å²) in [4.78, 5) is 23.0. The Morgan fingerprint density at radius 1 is 1.42 bits per heavy atom. The van der Waals surface area contributed by atoms with Gasteiger partial charge in [-0.1, -0.05) is 12.1 Å². The molecule has 0 fully saturated rings. The number of rotatable bonds is 6. The summed E-state index contributed by atoms with van der Waals surface area (Å²) in [5.41, 5.74) is 0.486. The van der Waals surface area contributed by atoms with Crippen molar-refractivity contribution in [3.05, 3.63) is 29.3 Å². The zero-order valence-corrected chi connectivity index (χ0v) is 13.5. The smallest absolute Gasteiger partial charge is 0.534 e. The van der Waals surface area contributed by atoms with Crippen LogP contribution < -0.4 is 15.1 Å². The van der Waals surface area contributed by atoms with Crippen LogP contribution in [0.15, 0.2) is 18.2 Å². The first-order chi connectivity index (χ1) is 11.2. The highest BCUT2D eigenvalue weighted by atomic mass is 32.2. The second kappa shape index (κ2) is 7.20. The van der Waals surface area contributed by atoms with E-state index in [0.717, 1.165) is 0 Å². The molecular weight excluding hydrogens is 339 g/mol. The molecule has 0 radical (unpaired) electrons. The number of amides is 1. The Balaban J connectivity index is 2.00. The monoisotopic (exact) mass is 356 g/mol. The topological polar surface area (TPSA) is 156 Å². The zero-order valence-electron chi connectivity index (χ0n) is 12.6. The molecule has 1 aromatic rings. The molecule has 0 bridgehead atoms. The number of hydrogen-bond donors (Lipinski definition) is 4. The summed E-state index contributed by atoms with van der Waals surface area (Å²) in [7, 11) is -5.03. The van der Waals surface area contributed by atoms with E-state index < -0.39 is 35.0 Å². The van der Waals surface area contributed by atoms with Crippen LogP contribution in [-0.2, 0) is 21.2 Å². The number of carbonyl (C=O) groups is 2. The van der Waals surface area contributed by atoms with Crippen LogP contribution >= 0.6 is 0 Å². The van der Waals surface area contributed by atoms with E-state index in [1.807, 2.05) is 0 Å². The summed E-state index contributed by atoms with van der Waals surface area (Å²) in [5.74, 6) is -2.62. The number of nitrogens with two attached hydrogens (primary N) is 1. The molecule has 0 aromatic heterocycles. The van der Waals surface area contributed by atoms with Gasteiger partial charge in [-0.25, -0.2) is 18.4 Å². The minimum atomic E-state index is -3.63. The molecule has 1 amide bonds. The van der Waals surface area contributed by atoms with Crippen LogP contribution in [0.5, 0.6) is 5.75 Å². The van der Waals surface area contributed by atoms with Crippen molar-refractivity contribution in [1.29, 1.82) is 0 Å². The summed E-state index contributed by atoms with van der Waals surface area (Å²) in [6.45, 7) is 0. The third kappa shape index (κ3) is 4.70. The Kier molecular flexibility index (Phi) is 5.47. The first-order valence-electron chi connectivity index (χ1n) is 7.17. The number of primary sulfonamides is 1. The van der Waals surface area contributed by atoms with Crippen LogP contribution in [0.3, 0.4) is 0 Å². The molecule has 0 aliphatic carbocycles. The quantitative estimate of drug-likeness (QED) is 0.471. The predicted octanol–water partition coefficient (Wildman–Crippen LogP) is -1.11. The Hall–Kier alpha value is -2.11. The number of sulfonamides is 1. The van der Waals surface area contributed by atoms with Gasteiger partial charge in [-0.05, 0) is 24.5 Å². The van der Waals surface area contributed by atoms with Crippen molar-refractivity contribution < 1.29 is 32.8 Å². The van der Waals surface area contributed by atoms with Crippen molar-refractivity contribution in [2.75, 3.05) is 5.75 Å². The van der Waals surface area contributed by atoms with Crippen molar-refractivity contribution >= 4 is 29.0 Å². The van der Waals surface area contributed by atoms with Crippen LogP contribution in [-0.4, -0.2) is 49.2 Å². The lowest BCUT2D eigenvalue weighted by Gasteiger charge is -2.28. The summed E-state index contributed by atoms with van der Waals surface area (Å²) >= 11 is 0. The summed E-state index contributed by atoms with van der Waals surface area (Å²) in [5, 5.41) is 26.5. The molecule has 9 nitrogen and oxygen atoms in total. The van der Waals surface area contributed by atoms with Crippen LogP contribution in [0.1, 0.15) is 28.8 Å². The molecule has 0 saturated heterocycles. The number of aromatic carboxylic acids is 1. The molecule has 24 heavy (non-hydrogen) atoms. The van der Waals surface area contributed by atoms with Gasteiger partial charge in [0.15, 0.2) is 0 Å². The molecule has 1 unspecified atom stereocenters. The highest BCUT2D eigenvalue weighted by Gasteiger charge is 2.37. The zero-order chi connectivity index (χ0) is 17.9. The maximum Gasteiger partial charge on any atom is 0.547 e. The van der Waals surface area contributed by atoms with Crippen molar-refractivity contribution in [3.8, 4) is 5.75 Å². The molecule has 5 N–H and O–H groups in total. The largest absolute Gasteiger partial charge is 0.547 e. The minimum Gasteiger partial charge on any atom is -0.534 e. The second-order valence-corrected chi connectivity index (χ2v) is 7.19. The Morgan fingerprint density at radius 3 is 2.75 bits per heavy atom. The van der Waals surface area contributed by atoms with E-state index in [1.54, 1.807) is 12.1 Å². The standard InChI is InChI=1S/C13H17BN2O7S/c15-24(21,22)6-2-5-11(17)16-10-7-8-3-1-4-9(13(18)19)12(8)23-14(10)20/h1,3-4,10,20H,2,5-7H2,(H,16,17)(H,18,19)(H2,15,21,22). The lowest BCUT2D eigenvalue weighted by Crippen LogP contribution is -2.53. The summed E-state index contributed by atoms with van der Waals surface area (Å²) in [6, 6.07) is 4.56. The van der Waals surface area contributed by atoms with E-state index in [4.69, 9.17) is 14.9 Å². The molecule has 130 valence electrons. The Bertz CT molecular complexity index is 753. The van der Waals surface area contributed by atoms with Gasteiger partial charge < -0.3 is 20.1 Å². The first-order valence-corrected chi connectivity index (χ1v) is 8.88. The number of fused-ring (bicyclic) bond motifs is 1. The van der Waals surface area contributed by atoms with Gasteiger partial charge in [-0.2, -0.15) is 0 Å². The first kappa shape index (κ1) is 18.2. The lowest BCUT2D eigenvalue weighted by atomic mass is 9.72. The number of nitrogens with one attached hydrogen (secondary N) is 1. The number of para-hydroxylation sites is 1. The van der Waals surface area contributed by atoms with Gasteiger partial charge in [0, 0.05) is 6.42 Å². The van der Waals surface area contributed by atoms with Crippen molar-refractivity contribution in [3.63, 3.8) is 0 Å². The molecule has 0 spiro atoms. The maximum absolute atomic E-state index is 11.8. The van der Waals surface area contributed by atoms with E-state index in [0.29, 0.717) is 5.56 Å². The Labute approximate surface area is 139 Å². The van der Waals surface area contributed by atoms with Gasteiger partial charge in [-0.15, -0.1) is 0 Å². The van der Waals surface area contributed by atoms with Crippen LogP contribution in [0, 0.1) is 0 Å². The number of carboxylic acid groups (broad SMARTS) is 1. The van der Waals surface area contributed by atoms with E-state index in [9.17, 15) is 23.0 Å². The predicted molar refractivity (Wildman–Crippen MR) is 84.8 cm³/mol. The third-order valence-electron chi connectivity index (χ3n) is 3.53.